The summed E-state index contributed by atoms with van der Waals surface area (Å²) < 4.78 is 0. The van der Waals surface area contributed by atoms with Gasteiger partial charge in [-0.2, -0.15) is 0 Å². The van der Waals surface area contributed by atoms with Crippen molar-refractivity contribution >= 4 is 17.6 Å². The van der Waals surface area contributed by atoms with Crippen molar-refractivity contribution in [1.82, 2.24) is 10.2 Å². The summed E-state index contributed by atoms with van der Waals surface area (Å²) in [5.41, 5.74) is 1.78. The topological polar surface area (TPSA) is 61.4 Å². The highest BCUT2D eigenvalue weighted by Gasteiger charge is 2.18. The second-order valence-corrected chi connectivity index (χ2v) is 5.73. The molecule has 2 N–H and O–H groups in total. The van der Waals surface area contributed by atoms with Gasteiger partial charge in [-0.3, -0.25) is 4.79 Å². The van der Waals surface area contributed by atoms with E-state index in [1.165, 1.54) is 0 Å². The number of nitrogens with one attached hydrogen (secondary N) is 2. The van der Waals surface area contributed by atoms with E-state index < -0.39 is 0 Å². The Hall–Kier alpha value is -2.04. The van der Waals surface area contributed by atoms with Crippen LogP contribution in [-0.2, 0) is 11.3 Å². The number of piperidine rings is 1. The van der Waals surface area contributed by atoms with E-state index in [0.717, 1.165) is 30.6 Å². The fraction of sp³-hybridized carbons (Fsp3) is 0.500. The summed E-state index contributed by atoms with van der Waals surface area (Å²) in [6.45, 7) is 5.26. The van der Waals surface area contributed by atoms with Crippen LogP contribution in [0.2, 0.25) is 0 Å². The van der Waals surface area contributed by atoms with Crippen LogP contribution in [0, 0.1) is 0 Å². The maximum atomic E-state index is 11.8. The first-order chi connectivity index (χ1) is 10.0. The summed E-state index contributed by atoms with van der Waals surface area (Å²) in [6.07, 6.45) is 2.71. The number of carbonyl (C=O) groups excluding carboxylic acids is 2. The van der Waals surface area contributed by atoms with Crippen LogP contribution < -0.4 is 10.6 Å². The van der Waals surface area contributed by atoms with Gasteiger partial charge < -0.3 is 15.5 Å². The molecule has 0 aromatic heterocycles. The molecule has 0 atom stereocenters. The molecule has 0 unspecified atom stereocenters. The van der Waals surface area contributed by atoms with Crippen LogP contribution in [0.25, 0.3) is 0 Å². The number of hydrogen-bond acceptors (Lipinski definition) is 2. The summed E-state index contributed by atoms with van der Waals surface area (Å²) in [5, 5.41) is 5.59. The van der Waals surface area contributed by atoms with E-state index in [1.807, 2.05) is 43.0 Å². The second kappa shape index (κ2) is 7.11. The number of likely N-dealkylation sites (tertiary alicyclic amines) is 1. The van der Waals surface area contributed by atoms with Gasteiger partial charge in [0.25, 0.3) is 0 Å². The molecule has 0 radical (unpaired) electrons. The maximum absolute atomic E-state index is 11.8. The van der Waals surface area contributed by atoms with Crippen LogP contribution in [0.3, 0.4) is 0 Å². The minimum atomic E-state index is -0.212. The molecule has 5 nitrogen and oxygen atoms in total. The van der Waals surface area contributed by atoms with Gasteiger partial charge in [0.05, 0.1) is 0 Å². The molecule has 5 heteroatoms. The van der Waals surface area contributed by atoms with Gasteiger partial charge in [-0.05, 0) is 44.4 Å². The molecule has 1 saturated heterocycles. The van der Waals surface area contributed by atoms with Gasteiger partial charge in [-0.1, -0.05) is 12.1 Å². The fourth-order valence-electron chi connectivity index (χ4n) is 2.43. The molecule has 0 saturated carbocycles. The van der Waals surface area contributed by atoms with Crippen molar-refractivity contribution in [3.63, 3.8) is 0 Å². The average Bonchev–Trinajstić information content (AvgIpc) is 2.41. The van der Waals surface area contributed by atoms with Crippen molar-refractivity contribution in [3.8, 4) is 0 Å². The van der Waals surface area contributed by atoms with Crippen molar-refractivity contribution in [3.05, 3.63) is 29.8 Å². The molecule has 1 heterocycles. The van der Waals surface area contributed by atoms with Crippen molar-refractivity contribution in [2.24, 2.45) is 0 Å². The predicted molar refractivity (Wildman–Crippen MR) is 83.0 cm³/mol. The first-order valence-electron chi connectivity index (χ1n) is 7.49. The van der Waals surface area contributed by atoms with E-state index in [9.17, 15) is 9.59 Å². The van der Waals surface area contributed by atoms with Crippen LogP contribution in [0.4, 0.5) is 10.5 Å². The Labute approximate surface area is 125 Å². The normalized spacial score (nSPS) is 15.2. The standard InChI is InChI=1S/C16H23N3O2/c1-12(2)17-16(21)18-14-7-5-6-13(10-14)11-19-9-4-3-8-15(19)20/h5-7,10,12H,3-4,8-9,11H2,1-2H3,(H2,17,18,21). The highest BCUT2D eigenvalue weighted by atomic mass is 16.2. The number of nitrogens with zero attached hydrogens (tertiary/aromatic N) is 1. The predicted octanol–water partition coefficient (Wildman–Crippen LogP) is 2.73. The zero-order valence-corrected chi connectivity index (χ0v) is 12.7. The lowest BCUT2D eigenvalue weighted by molar-refractivity contribution is -0.133. The van der Waals surface area contributed by atoms with Gasteiger partial charge in [0.15, 0.2) is 0 Å². The first kappa shape index (κ1) is 15.4. The van der Waals surface area contributed by atoms with E-state index >= 15 is 0 Å². The number of hydrogen-bond donors (Lipinski definition) is 2. The third-order valence-corrected chi connectivity index (χ3v) is 3.40. The summed E-state index contributed by atoms with van der Waals surface area (Å²) in [4.78, 5) is 25.4. The molecule has 0 spiro atoms. The SMILES string of the molecule is CC(C)NC(=O)Nc1cccc(CN2CCCCC2=O)c1. The van der Waals surface area contributed by atoms with Gasteiger partial charge >= 0.3 is 6.03 Å². The first-order valence-corrected chi connectivity index (χ1v) is 7.49. The molecule has 21 heavy (non-hydrogen) atoms. The van der Waals surface area contributed by atoms with Gasteiger partial charge in [-0.25, -0.2) is 4.79 Å². The number of rotatable bonds is 4. The minimum Gasteiger partial charge on any atom is -0.338 e. The molecular weight excluding hydrogens is 266 g/mol. The lowest BCUT2D eigenvalue weighted by Crippen LogP contribution is -2.35. The number of anilines is 1. The fourth-order valence-corrected chi connectivity index (χ4v) is 2.43. The summed E-state index contributed by atoms with van der Waals surface area (Å²) in [7, 11) is 0. The molecule has 1 aliphatic rings. The van der Waals surface area contributed by atoms with Crippen LogP contribution in [0.1, 0.15) is 38.7 Å². The van der Waals surface area contributed by atoms with Crippen LogP contribution in [0.5, 0.6) is 0 Å². The highest BCUT2D eigenvalue weighted by Crippen LogP contribution is 2.17. The third kappa shape index (κ3) is 4.77. The molecule has 114 valence electrons. The molecule has 1 aliphatic heterocycles. The third-order valence-electron chi connectivity index (χ3n) is 3.40. The zero-order chi connectivity index (χ0) is 15.2. The molecular formula is C16H23N3O2. The second-order valence-electron chi connectivity index (χ2n) is 5.73. The van der Waals surface area contributed by atoms with Crippen LogP contribution >= 0.6 is 0 Å². The summed E-state index contributed by atoms with van der Waals surface area (Å²) in [5.74, 6) is 0.220. The number of urea groups is 1. The molecule has 1 aromatic carbocycles. The quantitative estimate of drug-likeness (QED) is 0.895. The molecule has 1 fully saturated rings. The lowest BCUT2D eigenvalue weighted by Gasteiger charge is -2.26. The van der Waals surface area contributed by atoms with Crippen molar-refractivity contribution in [2.45, 2.75) is 45.7 Å². The maximum Gasteiger partial charge on any atom is 0.319 e. The van der Waals surface area contributed by atoms with Gasteiger partial charge in [0.1, 0.15) is 0 Å². The van der Waals surface area contributed by atoms with E-state index in [2.05, 4.69) is 10.6 Å². The number of amides is 3. The largest absolute Gasteiger partial charge is 0.338 e. The van der Waals surface area contributed by atoms with Crippen LogP contribution in [-0.4, -0.2) is 29.4 Å². The van der Waals surface area contributed by atoms with Crippen molar-refractivity contribution < 1.29 is 9.59 Å². The van der Waals surface area contributed by atoms with Gasteiger partial charge in [-0.15, -0.1) is 0 Å². The lowest BCUT2D eigenvalue weighted by atomic mass is 10.1. The molecule has 0 aliphatic carbocycles. The average molecular weight is 289 g/mol. The monoisotopic (exact) mass is 289 g/mol. The zero-order valence-electron chi connectivity index (χ0n) is 12.7. The Morgan fingerprint density at radius 3 is 2.86 bits per heavy atom. The summed E-state index contributed by atoms with van der Waals surface area (Å²) >= 11 is 0. The molecule has 0 bridgehead atoms. The van der Waals surface area contributed by atoms with Crippen LogP contribution in [0.15, 0.2) is 24.3 Å². The molecule has 3 amide bonds. The van der Waals surface area contributed by atoms with Crippen molar-refractivity contribution in [1.29, 1.82) is 0 Å². The minimum absolute atomic E-state index is 0.0964. The Bertz CT molecular complexity index is 514. The van der Waals surface area contributed by atoms with Gasteiger partial charge in [0, 0.05) is 31.2 Å². The Morgan fingerprint density at radius 1 is 1.33 bits per heavy atom. The van der Waals surface area contributed by atoms with E-state index in [-0.39, 0.29) is 18.0 Å². The van der Waals surface area contributed by atoms with E-state index in [0.29, 0.717) is 13.0 Å². The highest BCUT2D eigenvalue weighted by molar-refractivity contribution is 5.89. The molecule has 2 rings (SSSR count). The smallest absolute Gasteiger partial charge is 0.319 e. The Balaban J connectivity index is 1.97. The Morgan fingerprint density at radius 2 is 2.14 bits per heavy atom. The Kier molecular flexibility index (Phi) is 5.20. The van der Waals surface area contributed by atoms with Crippen molar-refractivity contribution in [2.75, 3.05) is 11.9 Å². The number of carbonyl (C=O) groups is 2. The number of benzene rings is 1. The van der Waals surface area contributed by atoms with Gasteiger partial charge in [0.2, 0.25) is 5.91 Å². The van der Waals surface area contributed by atoms with E-state index in [1.54, 1.807) is 0 Å². The summed E-state index contributed by atoms with van der Waals surface area (Å²) in [6, 6.07) is 7.53. The van der Waals surface area contributed by atoms with E-state index in [4.69, 9.17) is 0 Å². The molecule has 1 aromatic rings.